The number of carbonyl (C=O) groups is 2. The van der Waals surface area contributed by atoms with E-state index < -0.39 is 0 Å². The van der Waals surface area contributed by atoms with Crippen LogP contribution in [0.1, 0.15) is 64.6 Å². The highest BCUT2D eigenvalue weighted by Crippen LogP contribution is 2.34. The highest BCUT2D eigenvalue weighted by molar-refractivity contribution is 7.14. The lowest BCUT2D eigenvalue weighted by atomic mass is 9.81. The summed E-state index contributed by atoms with van der Waals surface area (Å²) in [6.45, 7) is 1.99. The SMILES string of the molecule is Cc1ccc(C(=O)CCC(=O)N(C)C2CCC(c3ccccc3)CC2)s1. The summed E-state index contributed by atoms with van der Waals surface area (Å²) in [6.07, 6.45) is 4.95. The van der Waals surface area contributed by atoms with E-state index in [9.17, 15) is 9.59 Å². The smallest absolute Gasteiger partial charge is 0.223 e. The largest absolute Gasteiger partial charge is 0.343 e. The third kappa shape index (κ3) is 4.61. The Morgan fingerprint density at radius 3 is 2.31 bits per heavy atom. The molecule has 0 saturated heterocycles. The van der Waals surface area contributed by atoms with Gasteiger partial charge in [0.25, 0.3) is 0 Å². The van der Waals surface area contributed by atoms with E-state index in [1.807, 2.05) is 31.0 Å². The quantitative estimate of drug-likeness (QED) is 0.656. The van der Waals surface area contributed by atoms with Crippen LogP contribution < -0.4 is 0 Å². The first kappa shape index (κ1) is 18.8. The van der Waals surface area contributed by atoms with Crippen LogP contribution in [0.2, 0.25) is 0 Å². The highest BCUT2D eigenvalue weighted by Gasteiger charge is 2.27. The van der Waals surface area contributed by atoms with Gasteiger partial charge in [0.05, 0.1) is 4.88 Å². The number of nitrogens with zero attached hydrogens (tertiary/aromatic N) is 1. The van der Waals surface area contributed by atoms with Crippen LogP contribution in [-0.4, -0.2) is 29.7 Å². The van der Waals surface area contributed by atoms with Crippen molar-refractivity contribution in [2.75, 3.05) is 7.05 Å². The van der Waals surface area contributed by atoms with Gasteiger partial charge in [-0.15, -0.1) is 11.3 Å². The number of hydrogen-bond donors (Lipinski definition) is 0. The van der Waals surface area contributed by atoms with Gasteiger partial charge in [-0.2, -0.15) is 0 Å². The lowest BCUT2D eigenvalue weighted by Gasteiger charge is -2.35. The van der Waals surface area contributed by atoms with Crippen LogP contribution in [0.25, 0.3) is 0 Å². The number of hydrogen-bond acceptors (Lipinski definition) is 3. The van der Waals surface area contributed by atoms with Gasteiger partial charge in [-0.25, -0.2) is 0 Å². The Morgan fingerprint density at radius 2 is 1.69 bits per heavy atom. The first-order chi connectivity index (χ1) is 12.5. The van der Waals surface area contributed by atoms with Crippen LogP contribution in [0.4, 0.5) is 0 Å². The maximum absolute atomic E-state index is 12.5. The molecule has 26 heavy (non-hydrogen) atoms. The zero-order valence-corrected chi connectivity index (χ0v) is 16.4. The van der Waals surface area contributed by atoms with E-state index >= 15 is 0 Å². The summed E-state index contributed by atoms with van der Waals surface area (Å²) in [5.41, 5.74) is 1.41. The minimum atomic E-state index is 0.0811. The summed E-state index contributed by atoms with van der Waals surface area (Å²) in [5.74, 6) is 0.784. The van der Waals surface area contributed by atoms with Gasteiger partial charge in [-0.1, -0.05) is 30.3 Å². The molecule has 0 aliphatic heterocycles. The number of amides is 1. The predicted octanol–water partition coefficient (Wildman–Crippen LogP) is 5.20. The fourth-order valence-electron chi connectivity index (χ4n) is 3.83. The van der Waals surface area contributed by atoms with Crippen molar-refractivity contribution in [3.8, 4) is 0 Å². The number of Topliss-reactive ketones (excluding diaryl/α,β-unsaturated/α-hetero) is 1. The predicted molar refractivity (Wildman–Crippen MR) is 107 cm³/mol. The van der Waals surface area contributed by atoms with Crippen molar-refractivity contribution in [3.05, 3.63) is 57.8 Å². The van der Waals surface area contributed by atoms with E-state index in [0.29, 0.717) is 24.8 Å². The molecule has 0 N–H and O–H groups in total. The number of ketones is 1. The number of carbonyl (C=O) groups excluding carboxylic acids is 2. The van der Waals surface area contributed by atoms with Crippen LogP contribution in [0.3, 0.4) is 0 Å². The molecule has 2 aromatic rings. The standard InChI is InChI=1S/C22H27NO2S/c1-16-8-14-21(26-16)20(24)13-15-22(25)23(2)19-11-9-18(10-12-19)17-6-4-3-5-7-17/h3-8,14,18-19H,9-13,15H2,1-2H3. The monoisotopic (exact) mass is 369 g/mol. The molecule has 1 aromatic carbocycles. The second-order valence-electron chi connectivity index (χ2n) is 7.25. The van der Waals surface area contributed by atoms with Gasteiger partial charge in [-0.05, 0) is 56.2 Å². The Labute approximate surface area is 160 Å². The number of aryl methyl sites for hydroxylation is 1. The van der Waals surface area contributed by atoms with Gasteiger partial charge >= 0.3 is 0 Å². The molecule has 0 radical (unpaired) electrons. The van der Waals surface area contributed by atoms with Crippen LogP contribution >= 0.6 is 11.3 Å². The Morgan fingerprint density at radius 1 is 1.00 bits per heavy atom. The Kier molecular flexibility index (Phi) is 6.25. The molecular formula is C22H27NO2S. The van der Waals surface area contributed by atoms with E-state index in [-0.39, 0.29) is 11.7 Å². The third-order valence-corrected chi connectivity index (χ3v) is 6.53. The Bertz CT molecular complexity index is 745. The van der Waals surface area contributed by atoms with Crippen LogP contribution in [0, 0.1) is 6.92 Å². The Hall–Kier alpha value is -1.94. The lowest BCUT2D eigenvalue weighted by Crippen LogP contribution is -2.39. The van der Waals surface area contributed by atoms with Crippen molar-refractivity contribution >= 4 is 23.0 Å². The van der Waals surface area contributed by atoms with Crippen molar-refractivity contribution in [1.82, 2.24) is 4.90 Å². The molecule has 138 valence electrons. The van der Waals surface area contributed by atoms with E-state index in [0.717, 1.165) is 35.4 Å². The average Bonchev–Trinajstić information content (AvgIpc) is 3.12. The minimum Gasteiger partial charge on any atom is -0.343 e. The van der Waals surface area contributed by atoms with Crippen molar-refractivity contribution in [1.29, 1.82) is 0 Å². The zero-order valence-electron chi connectivity index (χ0n) is 15.6. The zero-order chi connectivity index (χ0) is 18.5. The normalized spacial score (nSPS) is 19.9. The average molecular weight is 370 g/mol. The fraction of sp³-hybridized carbons (Fsp3) is 0.455. The van der Waals surface area contributed by atoms with Gasteiger partial charge < -0.3 is 4.90 Å². The summed E-state index contributed by atoms with van der Waals surface area (Å²) in [5, 5.41) is 0. The van der Waals surface area contributed by atoms with E-state index in [1.54, 1.807) is 0 Å². The molecule has 1 aromatic heterocycles. The van der Waals surface area contributed by atoms with Gasteiger partial charge in [-0.3, -0.25) is 9.59 Å². The highest BCUT2D eigenvalue weighted by atomic mass is 32.1. The maximum Gasteiger partial charge on any atom is 0.223 e. The summed E-state index contributed by atoms with van der Waals surface area (Å²) >= 11 is 1.51. The first-order valence-corrected chi connectivity index (χ1v) is 10.3. The van der Waals surface area contributed by atoms with Crippen LogP contribution in [0.15, 0.2) is 42.5 Å². The second-order valence-corrected chi connectivity index (χ2v) is 8.54. The molecule has 1 fully saturated rings. The molecule has 1 aliphatic rings. The number of rotatable bonds is 6. The summed E-state index contributed by atoms with van der Waals surface area (Å²) in [4.78, 5) is 28.5. The number of thiophene rings is 1. The van der Waals surface area contributed by atoms with E-state index in [4.69, 9.17) is 0 Å². The second kappa shape index (κ2) is 8.63. The molecule has 0 spiro atoms. The topological polar surface area (TPSA) is 37.4 Å². The van der Waals surface area contributed by atoms with Crippen LogP contribution in [0.5, 0.6) is 0 Å². The summed E-state index contributed by atoms with van der Waals surface area (Å²) in [7, 11) is 1.90. The molecule has 1 saturated carbocycles. The lowest BCUT2D eigenvalue weighted by molar-refractivity contribution is -0.132. The fourth-order valence-corrected chi connectivity index (χ4v) is 4.66. The molecule has 3 rings (SSSR count). The third-order valence-electron chi connectivity index (χ3n) is 5.49. The molecule has 4 heteroatoms. The van der Waals surface area contributed by atoms with Gasteiger partial charge in [0.2, 0.25) is 5.91 Å². The van der Waals surface area contributed by atoms with Crippen molar-refractivity contribution < 1.29 is 9.59 Å². The minimum absolute atomic E-state index is 0.0811. The molecule has 1 heterocycles. The molecule has 0 bridgehead atoms. The van der Waals surface area contributed by atoms with E-state index in [2.05, 4.69) is 30.3 Å². The molecular weight excluding hydrogens is 342 g/mol. The van der Waals surface area contributed by atoms with Gasteiger partial charge in [0, 0.05) is 30.8 Å². The summed E-state index contributed by atoms with van der Waals surface area (Å²) in [6, 6.07) is 14.8. The molecule has 3 nitrogen and oxygen atoms in total. The van der Waals surface area contributed by atoms with Crippen molar-refractivity contribution in [2.45, 2.75) is 57.4 Å². The number of benzene rings is 1. The first-order valence-electron chi connectivity index (χ1n) is 9.45. The Balaban J connectivity index is 1.46. The maximum atomic E-state index is 12.5. The van der Waals surface area contributed by atoms with Gasteiger partial charge in [0.15, 0.2) is 5.78 Å². The molecule has 1 amide bonds. The summed E-state index contributed by atoms with van der Waals surface area (Å²) < 4.78 is 0. The molecule has 1 aliphatic carbocycles. The van der Waals surface area contributed by atoms with Crippen molar-refractivity contribution in [3.63, 3.8) is 0 Å². The molecule has 0 atom stereocenters. The molecule has 0 unspecified atom stereocenters. The van der Waals surface area contributed by atoms with Crippen LogP contribution in [-0.2, 0) is 4.79 Å². The van der Waals surface area contributed by atoms with E-state index in [1.165, 1.54) is 16.9 Å². The van der Waals surface area contributed by atoms with Crippen molar-refractivity contribution in [2.24, 2.45) is 0 Å². The van der Waals surface area contributed by atoms with Gasteiger partial charge in [0.1, 0.15) is 0 Å².